The van der Waals surface area contributed by atoms with Gasteiger partial charge in [-0.25, -0.2) is 0 Å². The van der Waals surface area contributed by atoms with E-state index in [0.717, 1.165) is 36.4 Å². The van der Waals surface area contributed by atoms with Crippen molar-refractivity contribution >= 4 is 23.2 Å². The zero-order valence-electron chi connectivity index (χ0n) is 18.5. The van der Waals surface area contributed by atoms with Gasteiger partial charge >= 0.3 is 12.4 Å². The number of hydrogen-bond donors (Lipinski definition) is 3. The van der Waals surface area contributed by atoms with Crippen molar-refractivity contribution < 1.29 is 50.8 Å². The van der Waals surface area contributed by atoms with Crippen molar-refractivity contribution in [2.24, 2.45) is 0 Å². The molecule has 198 valence electrons. The molecule has 0 aliphatic rings. The van der Waals surface area contributed by atoms with Gasteiger partial charge < -0.3 is 25.0 Å². The number of halogens is 7. The van der Waals surface area contributed by atoms with Crippen molar-refractivity contribution in [3.05, 3.63) is 77.3 Å². The van der Waals surface area contributed by atoms with Gasteiger partial charge in [0.15, 0.2) is 11.5 Å². The summed E-state index contributed by atoms with van der Waals surface area (Å²) in [5, 5.41) is 21.7. The smallest absolute Gasteiger partial charge is 0.411 e. The number of carbonyl (C=O) groups excluding carboxylic acids is 1. The molecule has 3 aromatic rings. The van der Waals surface area contributed by atoms with Gasteiger partial charge in [-0.15, -0.1) is 0 Å². The molecule has 0 saturated heterocycles. The van der Waals surface area contributed by atoms with Crippen LogP contribution in [0.25, 0.3) is 11.1 Å². The lowest BCUT2D eigenvalue weighted by Gasteiger charge is -2.33. The van der Waals surface area contributed by atoms with E-state index in [1.807, 2.05) is 0 Å². The normalized spacial score (nSPS) is 12.4. The third-order valence-electron chi connectivity index (χ3n) is 4.86. The van der Waals surface area contributed by atoms with E-state index in [0.29, 0.717) is 0 Å². The number of rotatable bonds is 8. The first-order chi connectivity index (χ1) is 17.2. The number of benzene rings is 3. The maximum absolute atomic E-state index is 13.4. The van der Waals surface area contributed by atoms with Crippen LogP contribution in [-0.2, 0) is 20.1 Å². The summed E-state index contributed by atoms with van der Waals surface area (Å²) in [6.07, 6.45) is -10.1. The fourth-order valence-electron chi connectivity index (χ4n) is 3.25. The number of amides is 1. The van der Waals surface area contributed by atoms with Gasteiger partial charge in [-0.3, -0.25) is 4.79 Å². The van der Waals surface area contributed by atoms with Crippen LogP contribution in [0.1, 0.15) is 5.56 Å². The van der Waals surface area contributed by atoms with Crippen molar-refractivity contribution in [3.63, 3.8) is 0 Å². The summed E-state index contributed by atoms with van der Waals surface area (Å²) >= 11 is 5.80. The maximum Gasteiger partial charge on any atom is 0.411 e. The molecule has 0 heterocycles. The zero-order chi connectivity index (χ0) is 27.4. The Hall–Kier alpha value is -3.48. The van der Waals surface area contributed by atoms with Gasteiger partial charge in [0.05, 0.1) is 0 Å². The standard InChI is InChI=1S/C24H18ClF6NO5/c25-16-8-6-15(7-9-16)24(36-12-22(26,27)28,37-13-23(29,30)31)21(35)32-18-4-2-1-3-17(18)14-5-10-19(33)20(34)11-14/h1-11,33-34H,12-13H2,(H,32,35). The van der Waals surface area contributed by atoms with E-state index >= 15 is 0 Å². The van der Waals surface area contributed by atoms with Crippen LogP contribution in [0.15, 0.2) is 66.7 Å². The molecule has 3 rings (SSSR count). The van der Waals surface area contributed by atoms with Crippen molar-refractivity contribution in [1.82, 2.24) is 0 Å². The van der Waals surface area contributed by atoms with Gasteiger partial charge in [0, 0.05) is 21.8 Å². The molecule has 0 bridgehead atoms. The highest BCUT2D eigenvalue weighted by molar-refractivity contribution is 6.30. The maximum atomic E-state index is 13.4. The Kier molecular flexibility index (Phi) is 8.25. The zero-order valence-corrected chi connectivity index (χ0v) is 19.3. The second kappa shape index (κ2) is 10.9. The monoisotopic (exact) mass is 549 g/mol. The molecule has 3 N–H and O–H groups in total. The SMILES string of the molecule is O=C(Nc1ccccc1-c1ccc(O)c(O)c1)C(OCC(F)(F)F)(OCC(F)(F)F)c1ccc(Cl)cc1. The van der Waals surface area contributed by atoms with E-state index in [1.165, 1.54) is 30.3 Å². The number of phenols is 2. The van der Waals surface area contributed by atoms with Crippen LogP contribution in [0, 0.1) is 0 Å². The van der Waals surface area contributed by atoms with Crippen molar-refractivity contribution in [2.45, 2.75) is 18.1 Å². The van der Waals surface area contributed by atoms with Gasteiger partial charge in [0.1, 0.15) is 13.2 Å². The van der Waals surface area contributed by atoms with Crippen molar-refractivity contribution in [3.8, 4) is 22.6 Å². The van der Waals surface area contributed by atoms with E-state index in [4.69, 9.17) is 21.1 Å². The molecular formula is C24H18ClF6NO5. The largest absolute Gasteiger partial charge is 0.504 e. The topological polar surface area (TPSA) is 88.0 Å². The summed E-state index contributed by atoms with van der Waals surface area (Å²) in [7, 11) is 0. The van der Waals surface area contributed by atoms with Crippen LogP contribution in [-0.4, -0.2) is 41.7 Å². The molecule has 0 aliphatic heterocycles. The molecule has 0 atom stereocenters. The van der Waals surface area contributed by atoms with E-state index in [9.17, 15) is 41.4 Å². The van der Waals surface area contributed by atoms with Gasteiger partial charge in [0.2, 0.25) is 0 Å². The summed E-state index contributed by atoms with van der Waals surface area (Å²) in [5.41, 5.74) is -0.0803. The molecule has 13 heteroatoms. The van der Waals surface area contributed by atoms with E-state index in [-0.39, 0.29) is 21.8 Å². The number of anilines is 1. The molecule has 0 saturated carbocycles. The van der Waals surface area contributed by atoms with Crippen LogP contribution in [0.3, 0.4) is 0 Å². The number of ether oxygens (including phenoxy) is 2. The summed E-state index contributed by atoms with van der Waals surface area (Å²) in [6.45, 7) is -4.23. The van der Waals surface area contributed by atoms with Gasteiger partial charge in [-0.1, -0.05) is 48.0 Å². The fourth-order valence-corrected chi connectivity index (χ4v) is 3.37. The second-order valence-electron chi connectivity index (χ2n) is 7.63. The third-order valence-corrected chi connectivity index (χ3v) is 5.12. The van der Waals surface area contributed by atoms with E-state index < -0.39 is 54.3 Å². The molecule has 37 heavy (non-hydrogen) atoms. The Labute approximate surface area is 211 Å². The summed E-state index contributed by atoms with van der Waals surface area (Å²) in [6, 6.07) is 13.7. The predicted octanol–water partition coefficient (Wildman–Crippen LogP) is 6.37. The molecule has 3 aromatic carbocycles. The predicted molar refractivity (Wildman–Crippen MR) is 121 cm³/mol. The van der Waals surface area contributed by atoms with Crippen LogP contribution in [0.4, 0.5) is 32.0 Å². The summed E-state index contributed by atoms with van der Waals surface area (Å²) in [5.74, 6) is -5.64. The molecule has 0 radical (unpaired) electrons. The molecular weight excluding hydrogens is 532 g/mol. The Morgan fingerprint density at radius 1 is 0.811 bits per heavy atom. The number of nitrogens with one attached hydrogen (secondary N) is 1. The molecule has 0 aromatic heterocycles. The number of aromatic hydroxyl groups is 2. The van der Waals surface area contributed by atoms with Gasteiger partial charge in [-0.05, 0) is 35.9 Å². The molecule has 0 fully saturated rings. The van der Waals surface area contributed by atoms with Crippen LogP contribution in [0.2, 0.25) is 5.02 Å². The Morgan fingerprint density at radius 3 is 1.92 bits per heavy atom. The first-order valence-electron chi connectivity index (χ1n) is 10.3. The molecule has 0 spiro atoms. The molecule has 0 unspecified atom stereocenters. The highest BCUT2D eigenvalue weighted by atomic mass is 35.5. The fraction of sp³-hybridized carbons (Fsp3) is 0.208. The number of hydrogen-bond acceptors (Lipinski definition) is 5. The minimum Gasteiger partial charge on any atom is -0.504 e. The first-order valence-corrected chi connectivity index (χ1v) is 10.7. The number of alkyl halides is 6. The molecule has 1 amide bonds. The highest BCUT2D eigenvalue weighted by Gasteiger charge is 2.49. The lowest BCUT2D eigenvalue weighted by Crippen LogP contribution is -2.48. The average Bonchev–Trinajstić information content (AvgIpc) is 2.81. The first kappa shape index (κ1) is 28.1. The summed E-state index contributed by atoms with van der Waals surface area (Å²) < 4.78 is 88.0. The van der Waals surface area contributed by atoms with E-state index in [1.54, 1.807) is 0 Å². The molecule has 0 aliphatic carbocycles. The van der Waals surface area contributed by atoms with Crippen molar-refractivity contribution in [1.29, 1.82) is 0 Å². The number of para-hydroxylation sites is 1. The van der Waals surface area contributed by atoms with Crippen LogP contribution in [0.5, 0.6) is 11.5 Å². The van der Waals surface area contributed by atoms with Crippen molar-refractivity contribution in [2.75, 3.05) is 18.5 Å². The average molecular weight is 550 g/mol. The van der Waals surface area contributed by atoms with Crippen LogP contribution < -0.4 is 5.32 Å². The molecule has 6 nitrogen and oxygen atoms in total. The number of carbonyl (C=O) groups is 1. The van der Waals surface area contributed by atoms with Crippen LogP contribution >= 0.6 is 11.6 Å². The number of phenolic OH excluding ortho intramolecular Hbond substituents is 2. The minimum absolute atomic E-state index is 0.0675. The third kappa shape index (κ3) is 7.28. The lowest BCUT2D eigenvalue weighted by molar-refractivity contribution is -0.301. The van der Waals surface area contributed by atoms with Gasteiger partial charge in [-0.2, -0.15) is 26.3 Å². The second-order valence-corrected chi connectivity index (χ2v) is 8.07. The Balaban J connectivity index is 2.10. The Bertz CT molecular complexity index is 1230. The van der Waals surface area contributed by atoms with Gasteiger partial charge in [0.25, 0.3) is 11.7 Å². The quantitative estimate of drug-likeness (QED) is 0.173. The Morgan fingerprint density at radius 2 is 1.38 bits per heavy atom. The minimum atomic E-state index is -5.03. The van der Waals surface area contributed by atoms with E-state index in [2.05, 4.69) is 5.32 Å². The lowest BCUT2D eigenvalue weighted by atomic mass is 10.0. The summed E-state index contributed by atoms with van der Waals surface area (Å²) in [4.78, 5) is 13.4. The highest BCUT2D eigenvalue weighted by Crippen LogP contribution is 2.37.